The Hall–Kier alpha value is -3.09. The third kappa shape index (κ3) is 2.88. The predicted octanol–water partition coefficient (Wildman–Crippen LogP) is 3.26. The molecule has 0 aliphatic carbocycles. The van der Waals surface area contributed by atoms with Gasteiger partial charge in [-0.05, 0) is 36.8 Å². The number of fused-ring (bicyclic) bond motifs is 1. The molecule has 2 aromatic carbocycles. The SMILES string of the molecule is CCOc1cc(Nc2ccc3c(c2)CC(=O)N3C)ccc1[N+](=O)[O-]. The van der Waals surface area contributed by atoms with Crippen molar-refractivity contribution in [3.05, 3.63) is 52.1 Å². The average Bonchev–Trinajstić information content (AvgIpc) is 2.82. The van der Waals surface area contributed by atoms with Crippen LogP contribution in [0.25, 0.3) is 0 Å². The van der Waals surface area contributed by atoms with Gasteiger partial charge in [-0.3, -0.25) is 14.9 Å². The first-order valence-corrected chi connectivity index (χ1v) is 7.57. The fourth-order valence-corrected chi connectivity index (χ4v) is 2.73. The molecule has 0 saturated heterocycles. The van der Waals surface area contributed by atoms with Gasteiger partial charge in [0.1, 0.15) is 0 Å². The van der Waals surface area contributed by atoms with E-state index in [2.05, 4.69) is 5.32 Å². The van der Waals surface area contributed by atoms with Gasteiger partial charge >= 0.3 is 5.69 Å². The molecule has 0 spiro atoms. The lowest BCUT2D eigenvalue weighted by Gasteiger charge is -2.12. The van der Waals surface area contributed by atoms with Gasteiger partial charge in [-0.15, -0.1) is 0 Å². The average molecular weight is 327 g/mol. The van der Waals surface area contributed by atoms with Gasteiger partial charge in [0, 0.05) is 36.2 Å². The minimum atomic E-state index is -0.467. The van der Waals surface area contributed by atoms with Crippen molar-refractivity contribution in [3.8, 4) is 5.75 Å². The van der Waals surface area contributed by atoms with Gasteiger partial charge in [-0.25, -0.2) is 0 Å². The van der Waals surface area contributed by atoms with E-state index >= 15 is 0 Å². The van der Waals surface area contributed by atoms with Gasteiger partial charge in [0.15, 0.2) is 5.75 Å². The number of hydrogen-bond acceptors (Lipinski definition) is 5. The van der Waals surface area contributed by atoms with E-state index in [-0.39, 0.29) is 17.3 Å². The third-order valence-corrected chi connectivity index (χ3v) is 3.90. The minimum absolute atomic E-state index is 0.0658. The number of amides is 1. The molecule has 7 heteroatoms. The van der Waals surface area contributed by atoms with Crippen LogP contribution in [0.2, 0.25) is 0 Å². The molecule has 1 aliphatic heterocycles. The highest BCUT2D eigenvalue weighted by Gasteiger charge is 2.24. The van der Waals surface area contributed by atoms with Gasteiger partial charge in [0.2, 0.25) is 5.91 Å². The number of nitro groups is 1. The highest BCUT2D eigenvalue weighted by molar-refractivity contribution is 6.01. The number of carbonyl (C=O) groups excluding carboxylic acids is 1. The number of carbonyl (C=O) groups is 1. The van der Waals surface area contributed by atoms with E-state index in [9.17, 15) is 14.9 Å². The van der Waals surface area contributed by atoms with Crippen molar-refractivity contribution in [2.45, 2.75) is 13.3 Å². The van der Waals surface area contributed by atoms with Gasteiger partial charge in [0.05, 0.1) is 18.0 Å². The second kappa shape index (κ2) is 6.19. The molecule has 0 fully saturated rings. The summed E-state index contributed by atoms with van der Waals surface area (Å²) < 4.78 is 5.35. The maximum absolute atomic E-state index is 11.7. The highest BCUT2D eigenvalue weighted by Crippen LogP contribution is 2.34. The molecular weight excluding hydrogens is 310 g/mol. The van der Waals surface area contributed by atoms with Gasteiger partial charge < -0.3 is 15.0 Å². The first kappa shape index (κ1) is 15.8. The van der Waals surface area contributed by atoms with Crippen LogP contribution < -0.4 is 15.0 Å². The molecule has 124 valence electrons. The Morgan fingerprint density at radius 3 is 2.67 bits per heavy atom. The van der Waals surface area contributed by atoms with Crippen molar-refractivity contribution in [3.63, 3.8) is 0 Å². The molecular formula is C17H17N3O4. The zero-order valence-corrected chi connectivity index (χ0v) is 13.4. The van der Waals surface area contributed by atoms with Crippen molar-refractivity contribution in [1.82, 2.24) is 0 Å². The monoisotopic (exact) mass is 327 g/mol. The molecule has 0 bridgehead atoms. The Morgan fingerprint density at radius 1 is 1.25 bits per heavy atom. The normalized spacial score (nSPS) is 12.9. The predicted molar refractivity (Wildman–Crippen MR) is 91.1 cm³/mol. The van der Waals surface area contributed by atoms with E-state index < -0.39 is 4.92 Å². The lowest BCUT2D eigenvalue weighted by atomic mass is 10.1. The number of nitrogens with zero attached hydrogens (tertiary/aromatic N) is 2. The van der Waals surface area contributed by atoms with Crippen LogP contribution in [0.4, 0.5) is 22.7 Å². The fourth-order valence-electron chi connectivity index (χ4n) is 2.73. The molecule has 1 aliphatic rings. The summed E-state index contributed by atoms with van der Waals surface area (Å²) in [6.07, 6.45) is 0.381. The van der Waals surface area contributed by atoms with E-state index in [1.807, 2.05) is 18.2 Å². The van der Waals surface area contributed by atoms with Gasteiger partial charge in [-0.2, -0.15) is 0 Å². The molecule has 3 rings (SSSR count). The zero-order valence-electron chi connectivity index (χ0n) is 13.4. The van der Waals surface area contributed by atoms with Crippen LogP contribution in [0.3, 0.4) is 0 Å². The van der Waals surface area contributed by atoms with E-state index in [0.29, 0.717) is 18.7 Å². The molecule has 7 nitrogen and oxygen atoms in total. The van der Waals surface area contributed by atoms with Crippen molar-refractivity contribution >= 4 is 28.7 Å². The summed E-state index contributed by atoms with van der Waals surface area (Å²) in [5, 5.41) is 14.2. The lowest BCUT2D eigenvalue weighted by molar-refractivity contribution is -0.385. The molecule has 1 N–H and O–H groups in total. The molecule has 1 amide bonds. The number of ether oxygens (including phenoxy) is 1. The summed E-state index contributed by atoms with van der Waals surface area (Å²) in [6, 6.07) is 10.3. The molecule has 0 radical (unpaired) electrons. The Morgan fingerprint density at radius 2 is 1.96 bits per heavy atom. The molecule has 0 saturated carbocycles. The maximum atomic E-state index is 11.7. The first-order valence-electron chi connectivity index (χ1n) is 7.57. The number of likely N-dealkylation sites (N-methyl/N-ethyl adjacent to an activating group) is 1. The largest absolute Gasteiger partial charge is 0.487 e. The number of benzene rings is 2. The Balaban J connectivity index is 1.87. The standard InChI is InChI=1S/C17H17N3O4/c1-3-24-16-10-13(5-7-15(16)20(22)23)18-12-4-6-14-11(8-12)9-17(21)19(14)2/h4-8,10,18H,3,9H2,1-2H3. The quantitative estimate of drug-likeness (QED) is 0.673. The molecule has 0 aromatic heterocycles. The highest BCUT2D eigenvalue weighted by atomic mass is 16.6. The number of rotatable bonds is 5. The van der Waals surface area contributed by atoms with Gasteiger partial charge in [0.25, 0.3) is 0 Å². The summed E-state index contributed by atoms with van der Waals surface area (Å²) >= 11 is 0. The van der Waals surface area contributed by atoms with E-state index in [0.717, 1.165) is 16.9 Å². The van der Waals surface area contributed by atoms with Crippen LogP contribution in [0, 0.1) is 10.1 Å². The summed E-state index contributed by atoms with van der Waals surface area (Å²) in [5.41, 5.74) is 3.29. The Labute approximate surface area is 139 Å². The molecule has 24 heavy (non-hydrogen) atoms. The maximum Gasteiger partial charge on any atom is 0.311 e. The summed E-state index contributed by atoms with van der Waals surface area (Å²) in [7, 11) is 1.76. The molecule has 1 heterocycles. The van der Waals surface area contributed by atoms with E-state index in [1.165, 1.54) is 6.07 Å². The summed E-state index contributed by atoms with van der Waals surface area (Å²) in [5.74, 6) is 0.291. The van der Waals surface area contributed by atoms with Crippen molar-refractivity contribution in [2.75, 3.05) is 23.9 Å². The van der Waals surface area contributed by atoms with E-state index in [1.54, 1.807) is 31.0 Å². The number of anilines is 3. The van der Waals surface area contributed by atoms with Crippen molar-refractivity contribution < 1.29 is 14.5 Å². The third-order valence-electron chi connectivity index (χ3n) is 3.90. The van der Waals surface area contributed by atoms with Crippen LogP contribution in [0.1, 0.15) is 12.5 Å². The molecule has 0 atom stereocenters. The summed E-state index contributed by atoms with van der Waals surface area (Å²) in [6.45, 7) is 2.12. The minimum Gasteiger partial charge on any atom is -0.487 e. The number of nitro benzene ring substituents is 1. The van der Waals surface area contributed by atoms with Crippen molar-refractivity contribution in [1.29, 1.82) is 0 Å². The molecule has 2 aromatic rings. The van der Waals surface area contributed by atoms with Crippen LogP contribution in [-0.4, -0.2) is 24.5 Å². The smallest absolute Gasteiger partial charge is 0.311 e. The Bertz CT molecular complexity index is 819. The summed E-state index contributed by atoms with van der Waals surface area (Å²) in [4.78, 5) is 23.9. The van der Waals surface area contributed by atoms with Crippen LogP contribution in [0.5, 0.6) is 5.75 Å². The van der Waals surface area contributed by atoms with Crippen LogP contribution >= 0.6 is 0 Å². The number of nitrogens with one attached hydrogen (secondary N) is 1. The van der Waals surface area contributed by atoms with Crippen LogP contribution in [0.15, 0.2) is 36.4 Å². The zero-order chi connectivity index (χ0) is 17.3. The topological polar surface area (TPSA) is 84.7 Å². The van der Waals surface area contributed by atoms with Crippen molar-refractivity contribution in [2.24, 2.45) is 0 Å². The van der Waals surface area contributed by atoms with E-state index in [4.69, 9.17) is 4.74 Å². The second-order valence-electron chi connectivity index (χ2n) is 5.47. The molecule has 0 unspecified atom stereocenters. The van der Waals surface area contributed by atoms with Crippen LogP contribution in [-0.2, 0) is 11.2 Å². The Kier molecular flexibility index (Phi) is 4.07. The second-order valence-corrected chi connectivity index (χ2v) is 5.47. The fraction of sp³-hybridized carbons (Fsp3) is 0.235. The lowest BCUT2D eigenvalue weighted by Crippen LogP contribution is -2.20. The number of hydrogen-bond donors (Lipinski definition) is 1. The first-order chi connectivity index (χ1) is 11.5. The van der Waals surface area contributed by atoms with Gasteiger partial charge in [-0.1, -0.05) is 0 Å².